The normalized spacial score (nSPS) is 24.9. The zero-order chi connectivity index (χ0) is 11.4. The van der Waals surface area contributed by atoms with Crippen LogP contribution in [-0.2, 0) is 18.0 Å². The molecule has 1 aromatic carbocycles. The van der Waals surface area contributed by atoms with Gasteiger partial charge in [-0.2, -0.15) is 0 Å². The topological polar surface area (TPSA) is 55.5 Å². The summed E-state index contributed by atoms with van der Waals surface area (Å²) in [6.07, 6.45) is 3.55. The van der Waals surface area contributed by atoms with Gasteiger partial charge in [-0.15, -0.1) is 0 Å². The van der Waals surface area contributed by atoms with Gasteiger partial charge in [0, 0.05) is 6.04 Å². The molecule has 16 heavy (non-hydrogen) atoms. The van der Waals surface area contributed by atoms with Gasteiger partial charge in [0.15, 0.2) is 0 Å². The van der Waals surface area contributed by atoms with Crippen molar-refractivity contribution in [3.8, 4) is 0 Å². The summed E-state index contributed by atoms with van der Waals surface area (Å²) >= 11 is 0. The molecule has 0 aromatic heterocycles. The summed E-state index contributed by atoms with van der Waals surface area (Å²) in [5.74, 6) is 0. The lowest BCUT2D eigenvalue weighted by Crippen LogP contribution is -2.31. The number of hydrogen-bond acceptors (Lipinski definition) is 3. The molecule has 3 nitrogen and oxygen atoms in total. The first-order valence-electron chi connectivity index (χ1n) is 5.85. The van der Waals surface area contributed by atoms with Crippen molar-refractivity contribution < 1.29 is 9.84 Å². The number of ether oxygens (including phenoxy) is 1. The highest BCUT2D eigenvalue weighted by Crippen LogP contribution is 2.21. The molecule has 0 amide bonds. The monoisotopic (exact) mass is 221 g/mol. The third-order valence-electron chi connectivity index (χ3n) is 3.17. The van der Waals surface area contributed by atoms with E-state index in [1.807, 2.05) is 24.3 Å². The van der Waals surface area contributed by atoms with E-state index in [4.69, 9.17) is 15.6 Å². The van der Waals surface area contributed by atoms with Crippen molar-refractivity contribution in [2.45, 2.75) is 44.6 Å². The van der Waals surface area contributed by atoms with Crippen LogP contribution in [0.2, 0.25) is 0 Å². The molecule has 88 valence electrons. The van der Waals surface area contributed by atoms with Crippen LogP contribution in [-0.4, -0.2) is 17.3 Å². The molecule has 2 unspecified atom stereocenters. The number of rotatable bonds is 4. The van der Waals surface area contributed by atoms with Crippen molar-refractivity contribution in [1.29, 1.82) is 0 Å². The van der Waals surface area contributed by atoms with E-state index >= 15 is 0 Å². The molecule has 1 saturated carbocycles. The molecule has 1 aliphatic rings. The van der Waals surface area contributed by atoms with Gasteiger partial charge in [0.1, 0.15) is 0 Å². The van der Waals surface area contributed by atoms with Crippen LogP contribution < -0.4 is 5.73 Å². The van der Waals surface area contributed by atoms with Gasteiger partial charge >= 0.3 is 0 Å². The minimum absolute atomic E-state index is 0.0919. The molecule has 3 heteroatoms. The number of hydrogen-bond donors (Lipinski definition) is 2. The Morgan fingerprint density at radius 2 is 1.88 bits per heavy atom. The molecule has 2 atom stereocenters. The van der Waals surface area contributed by atoms with Crippen LogP contribution in [0.5, 0.6) is 0 Å². The number of aliphatic hydroxyl groups is 1. The fourth-order valence-corrected chi connectivity index (χ4v) is 2.11. The van der Waals surface area contributed by atoms with Gasteiger partial charge < -0.3 is 15.6 Å². The summed E-state index contributed by atoms with van der Waals surface area (Å²) in [5, 5.41) is 8.92. The lowest BCUT2D eigenvalue weighted by molar-refractivity contribution is 0.0357. The predicted molar refractivity (Wildman–Crippen MR) is 62.8 cm³/mol. The number of nitrogens with two attached hydrogens (primary N) is 1. The zero-order valence-electron chi connectivity index (χ0n) is 9.43. The van der Waals surface area contributed by atoms with E-state index in [1.165, 1.54) is 6.42 Å². The van der Waals surface area contributed by atoms with Crippen molar-refractivity contribution in [3.63, 3.8) is 0 Å². The van der Waals surface area contributed by atoms with Gasteiger partial charge in [-0.1, -0.05) is 24.3 Å². The largest absolute Gasteiger partial charge is 0.392 e. The van der Waals surface area contributed by atoms with Crippen molar-refractivity contribution in [3.05, 3.63) is 35.4 Å². The third kappa shape index (κ3) is 2.82. The summed E-state index contributed by atoms with van der Waals surface area (Å²) in [4.78, 5) is 0. The maximum atomic E-state index is 8.92. The molecule has 0 spiro atoms. The fourth-order valence-electron chi connectivity index (χ4n) is 2.11. The molecule has 2 rings (SSSR count). The van der Waals surface area contributed by atoms with E-state index in [1.54, 1.807) is 0 Å². The van der Waals surface area contributed by atoms with Crippen LogP contribution in [0.1, 0.15) is 30.4 Å². The molecule has 0 aliphatic heterocycles. The van der Waals surface area contributed by atoms with Gasteiger partial charge in [0.25, 0.3) is 0 Å². The Morgan fingerprint density at radius 3 is 2.44 bits per heavy atom. The summed E-state index contributed by atoms with van der Waals surface area (Å²) in [6, 6.07) is 8.04. The first kappa shape index (κ1) is 11.6. The van der Waals surface area contributed by atoms with Gasteiger partial charge in [-0.25, -0.2) is 0 Å². The minimum atomic E-state index is 0.0919. The first-order chi connectivity index (χ1) is 7.79. The standard InChI is InChI=1S/C13H19NO2/c14-12-2-1-3-13(12)16-9-11-6-4-10(8-15)5-7-11/h4-7,12-13,15H,1-3,8-9,14H2. The maximum Gasteiger partial charge on any atom is 0.0730 e. The van der Waals surface area contributed by atoms with Crippen LogP contribution in [0.3, 0.4) is 0 Å². The predicted octanol–water partition coefficient (Wildman–Crippen LogP) is 1.58. The highest BCUT2D eigenvalue weighted by atomic mass is 16.5. The molecule has 1 aliphatic carbocycles. The molecule has 0 radical (unpaired) electrons. The summed E-state index contributed by atoms with van der Waals surface area (Å²) in [6.45, 7) is 0.707. The van der Waals surface area contributed by atoms with Crippen molar-refractivity contribution in [1.82, 2.24) is 0 Å². The van der Waals surface area contributed by atoms with Crippen LogP contribution in [0.4, 0.5) is 0 Å². The maximum absolute atomic E-state index is 8.92. The van der Waals surface area contributed by atoms with E-state index in [2.05, 4.69) is 0 Å². The van der Waals surface area contributed by atoms with E-state index in [-0.39, 0.29) is 18.8 Å². The lowest BCUT2D eigenvalue weighted by atomic mass is 10.1. The van der Waals surface area contributed by atoms with E-state index in [0.717, 1.165) is 24.0 Å². The fraction of sp³-hybridized carbons (Fsp3) is 0.538. The summed E-state index contributed by atoms with van der Waals surface area (Å²) < 4.78 is 5.79. The second-order valence-corrected chi connectivity index (χ2v) is 4.42. The van der Waals surface area contributed by atoms with E-state index < -0.39 is 0 Å². The zero-order valence-corrected chi connectivity index (χ0v) is 9.43. The highest BCUT2D eigenvalue weighted by molar-refractivity contribution is 5.21. The second-order valence-electron chi connectivity index (χ2n) is 4.42. The molecule has 0 bridgehead atoms. The Labute approximate surface area is 96.2 Å². The smallest absolute Gasteiger partial charge is 0.0730 e. The van der Waals surface area contributed by atoms with Gasteiger partial charge in [-0.3, -0.25) is 0 Å². The van der Waals surface area contributed by atoms with Crippen molar-refractivity contribution >= 4 is 0 Å². The van der Waals surface area contributed by atoms with Gasteiger partial charge in [-0.05, 0) is 30.4 Å². The Hall–Kier alpha value is -0.900. The number of benzene rings is 1. The highest BCUT2D eigenvalue weighted by Gasteiger charge is 2.24. The van der Waals surface area contributed by atoms with E-state index in [0.29, 0.717) is 6.61 Å². The van der Waals surface area contributed by atoms with Crippen molar-refractivity contribution in [2.75, 3.05) is 0 Å². The molecule has 1 aromatic rings. The average Bonchev–Trinajstić information content (AvgIpc) is 2.73. The molecule has 1 fully saturated rings. The van der Waals surface area contributed by atoms with Crippen LogP contribution in [0.25, 0.3) is 0 Å². The number of aliphatic hydroxyl groups excluding tert-OH is 1. The molecule has 0 heterocycles. The third-order valence-corrected chi connectivity index (χ3v) is 3.17. The average molecular weight is 221 g/mol. The molecule has 3 N–H and O–H groups in total. The Balaban J connectivity index is 1.84. The molecular weight excluding hydrogens is 202 g/mol. The quantitative estimate of drug-likeness (QED) is 0.811. The first-order valence-corrected chi connectivity index (χ1v) is 5.85. The van der Waals surface area contributed by atoms with Gasteiger partial charge in [0.2, 0.25) is 0 Å². The minimum Gasteiger partial charge on any atom is -0.392 e. The van der Waals surface area contributed by atoms with E-state index in [9.17, 15) is 0 Å². The Bertz CT molecular complexity index is 323. The second kappa shape index (κ2) is 5.43. The molecular formula is C13H19NO2. The lowest BCUT2D eigenvalue weighted by Gasteiger charge is -2.16. The van der Waals surface area contributed by atoms with Crippen LogP contribution in [0.15, 0.2) is 24.3 Å². The van der Waals surface area contributed by atoms with Crippen molar-refractivity contribution in [2.24, 2.45) is 5.73 Å². The summed E-state index contributed by atoms with van der Waals surface area (Å²) in [7, 11) is 0. The van der Waals surface area contributed by atoms with Crippen LogP contribution >= 0.6 is 0 Å². The Morgan fingerprint density at radius 1 is 1.19 bits per heavy atom. The van der Waals surface area contributed by atoms with Crippen LogP contribution in [0, 0.1) is 0 Å². The van der Waals surface area contributed by atoms with Gasteiger partial charge in [0.05, 0.1) is 19.3 Å². The molecule has 0 saturated heterocycles. The summed E-state index contributed by atoms with van der Waals surface area (Å²) in [5.41, 5.74) is 8.00. The Kier molecular flexibility index (Phi) is 3.93. The SMILES string of the molecule is NC1CCCC1OCc1ccc(CO)cc1.